The maximum atomic E-state index is 13.7. The number of hydrogen-bond donors (Lipinski definition) is 0. The smallest absolute Gasteiger partial charge is 0.373 e. The molecule has 0 aliphatic carbocycles. The van der Waals surface area contributed by atoms with Crippen LogP contribution < -0.4 is 49.7 Å². The molecule has 28 nitrogen and oxygen atoms in total. The summed E-state index contributed by atoms with van der Waals surface area (Å²) in [6.45, 7) is 44.3. The average molecular weight is 2070 g/mol. The second-order valence-electron chi connectivity index (χ2n) is 36.9. The molecular formula is C96H115Br3N8O20S4. The van der Waals surface area contributed by atoms with E-state index >= 15 is 0 Å². The fraction of sp³-hybridized carbons (Fsp3) is 0.438. The Morgan fingerprint density at radius 1 is 0.374 bits per heavy atom. The molecule has 0 bridgehead atoms. The van der Waals surface area contributed by atoms with Crippen LogP contribution in [0, 0.1) is 27.7 Å². The zero-order valence-electron chi connectivity index (χ0n) is 78.6. The molecule has 0 aliphatic rings. The first-order valence-electron chi connectivity index (χ1n) is 42.1. The highest BCUT2D eigenvalue weighted by atomic mass is 80.9. The van der Waals surface area contributed by atoms with Crippen molar-refractivity contribution in [3.8, 4) is 5.06 Å². The zero-order chi connectivity index (χ0) is 98.5. The largest absolute Gasteiger partial charge is 0.458 e. The van der Waals surface area contributed by atoms with Gasteiger partial charge in [0.05, 0.1) is 25.3 Å². The molecule has 35 heteroatoms. The quantitative estimate of drug-likeness (QED) is 0.0326. The molecule has 0 aliphatic heterocycles. The molecule has 0 atom stereocenters. The van der Waals surface area contributed by atoms with E-state index in [0.717, 1.165) is 83.6 Å². The third kappa shape index (κ3) is 25.3. The molecule has 12 aromatic rings. The van der Waals surface area contributed by atoms with Gasteiger partial charge in [0.1, 0.15) is 63.9 Å². The summed E-state index contributed by atoms with van der Waals surface area (Å²) in [6, 6.07) is 39.2. The number of rotatable bonds is 23. The van der Waals surface area contributed by atoms with Gasteiger partial charge in [-0.3, -0.25) is 42.2 Å². The maximum Gasteiger partial charge on any atom is 0.373 e. The molecule has 131 heavy (non-hydrogen) atoms. The normalized spacial score (nSPS) is 11.9. The molecule has 0 amide bonds. The Labute approximate surface area is 798 Å². The summed E-state index contributed by atoms with van der Waals surface area (Å²) < 4.78 is 38.4. The van der Waals surface area contributed by atoms with Gasteiger partial charge in [-0.1, -0.05) is 140 Å². The van der Waals surface area contributed by atoms with Gasteiger partial charge in [-0.15, -0.1) is 34.0 Å². The minimum atomic E-state index is -1.57. The first-order chi connectivity index (χ1) is 60.9. The van der Waals surface area contributed by atoms with Crippen LogP contribution >= 0.6 is 89.5 Å². The van der Waals surface area contributed by atoms with Crippen molar-refractivity contribution >= 4 is 167 Å². The van der Waals surface area contributed by atoms with E-state index in [4.69, 9.17) is 33.3 Å². The maximum absolute atomic E-state index is 13.7. The standard InChI is InChI=1S/C25H32N2O4S.C24H28N2O6S.C23H27BrN2O4S.C23H28N2O4S.CO2.Br2/c1-8-18-16(2)19-20(28)27(25(6,7)22(29)31-24(3,4)5)23(30)26(21(19)32-18)15-14-17-12-10-9-11-13-17;1-15-17-18(28)26(24(5,6)21(29)32-23(2,3)4)22(30)25(19(17)33-20(15)31-14-27)13-12-16-10-8-7-9-11-16;1-14-16-18(27)26(23(5,6)20(28)30-22(2,3)4)21(29)25(19(16)31-17(14)24)13-12-15-10-8-7-9-11-15;1-15-14-30-19-17(15)18(26)25(23(5,6)20(27)29-22(2,3)4)21(28)24(19)13-12-16-10-8-7-9-11-16;2-1-3;1-2/h9-13H,8,14-15H2,1-7H3;7-11,14H,12-13H2,1-6H3;7-11H,12-13H2,1-6H3;7-11,14H,12-13H2,1-6H3;;. The van der Waals surface area contributed by atoms with E-state index in [1.807, 2.05) is 154 Å². The molecule has 8 heterocycles. The van der Waals surface area contributed by atoms with Crippen molar-refractivity contribution in [3.63, 3.8) is 0 Å². The van der Waals surface area contributed by atoms with Gasteiger partial charge in [-0.25, -0.2) is 56.6 Å². The molecule has 12 rings (SSSR count). The lowest BCUT2D eigenvalue weighted by Crippen LogP contribution is -2.54. The van der Waals surface area contributed by atoms with Crippen molar-refractivity contribution in [3.05, 3.63) is 263 Å². The van der Waals surface area contributed by atoms with Crippen LogP contribution in [-0.4, -0.2) is 95.4 Å². The van der Waals surface area contributed by atoms with Crippen LogP contribution in [0.2, 0.25) is 0 Å². The highest BCUT2D eigenvalue weighted by Gasteiger charge is 2.44. The number of benzene rings is 4. The molecule has 0 unspecified atom stereocenters. The summed E-state index contributed by atoms with van der Waals surface area (Å²) >= 11 is 14.3. The van der Waals surface area contributed by atoms with Crippen molar-refractivity contribution in [2.75, 3.05) is 0 Å². The van der Waals surface area contributed by atoms with Crippen LogP contribution in [0.4, 0.5) is 0 Å². The van der Waals surface area contributed by atoms with Gasteiger partial charge in [0.25, 0.3) is 28.7 Å². The molecule has 0 saturated heterocycles. The summed E-state index contributed by atoms with van der Waals surface area (Å²) in [6.07, 6.45) is 3.45. The Hall–Kier alpha value is -10.4. The topological polar surface area (TPSA) is 342 Å². The number of thiophene rings is 4. The van der Waals surface area contributed by atoms with Crippen LogP contribution in [0.1, 0.15) is 195 Å². The molecular weight excluding hydrogens is 1950 g/mol. The fourth-order valence-electron chi connectivity index (χ4n) is 14.1. The van der Waals surface area contributed by atoms with Crippen molar-refractivity contribution in [2.24, 2.45) is 0 Å². The molecule has 0 spiro atoms. The van der Waals surface area contributed by atoms with E-state index in [1.54, 1.807) is 145 Å². The SMILES string of the molecule is BrBr.CCc1sc2c(c1C)c(=O)n(C(C)(C)C(=O)OC(C)(C)C)c(=O)n2CCc1ccccc1.Cc1c(Br)sc2c1c(=O)n(C(C)(C)C(=O)OC(C)(C)C)c(=O)n2CCc1ccccc1.Cc1c(OC=O)sc2c1c(=O)n(C(C)(C)C(=O)OC(C)(C)C)c(=O)n2CCc1ccccc1.Cc1csc2c1c(=O)n(C(C)(C)C(=O)OC(C)(C)C)c(=O)n2CCc1ccccc1.O=C=O. The molecule has 0 saturated carbocycles. The highest BCUT2D eigenvalue weighted by molar-refractivity contribution is 9.93. The minimum absolute atomic E-state index is 0.234. The van der Waals surface area contributed by atoms with E-state index in [1.165, 1.54) is 52.4 Å². The Morgan fingerprint density at radius 2 is 0.626 bits per heavy atom. The lowest BCUT2D eigenvalue weighted by Gasteiger charge is -2.30. The highest BCUT2D eigenvalue weighted by Crippen LogP contribution is 2.38. The van der Waals surface area contributed by atoms with Crippen LogP contribution in [0.25, 0.3) is 40.9 Å². The first kappa shape index (κ1) is 108. The second kappa shape index (κ2) is 44.0. The predicted octanol–water partition coefficient (Wildman–Crippen LogP) is 17.4. The Balaban J connectivity index is 0.000000235. The van der Waals surface area contributed by atoms with E-state index in [2.05, 4.69) is 44.2 Å². The first-order valence-corrected chi connectivity index (χ1v) is 49.9. The van der Waals surface area contributed by atoms with Crippen LogP contribution in [-0.2, 0) is 133 Å². The second-order valence-corrected chi connectivity index (χ2v) is 42.2. The average Bonchev–Trinajstić information content (AvgIpc) is 1.65. The number of fused-ring (bicyclic) bond motifs is 4. The monoisotopic (exact) mass is 2060 g/mol. The zero-order valence-corrected chi connectivity index (χ0v) is 86.6. The summed E-state index contributed by atoms with van der Waals surface area (Å²) in [5, 5.41) is 3.77. The summed E-state index contributed by atoms with van der Waals surface area (Å²) in [5.41, 5.74) is -5.91. The van der Waals surface area contributed by atoms with Gasteiger partial charge >= 0.3 is 52.8 Å². The van der Waals surface area contributed by atoms with Crippen molar-refractivity contribution < 1.29 is 57.2 Å². The third-order valence-corrected chi connectivity index (χ3v) is 26.8. The number of aromatic nitrogens is 8. The summed E-state index contributed by atoms with van der Waals surface area (Å²) in [4.78, 5) is 191. The van der Waals surface area contributed by atoms with E-state index in [0.29, 0.717) is 86.4 Å². The lowest BCUT2D eigenvalue weighted by molar-refractivity contribution is -0.192. The van der Waals surface area contributed by atoms with Crippen LogP contribution in [0.15, 0.2) is 169 Å². The number of hydrogen-bond acceptors (Lipinski definition) is 24. The molecule has 8 aromatic heterocycles. The molecule has 0 radical (unpaired) electrons. The van der Waals surface area contributed by atoms with Gasteiger partial charge in [-0.05, 0) is 259 Å². The molecule has 4 aromatic carbocycles. The molecule has 0 N–H and O–H groups in total. The number of ether oxygens (including phenoxy) is 5. The third-order valence-electron chi connectivity index (χ3n) is 20.8. The number of halogens is 3. The number of carbonyl (C=O) groups excluding carboxylic acids is 7. The number of carbonyl (C=O) groups is 5. The fourth-order valence-corrected chi connectivity index (χ4v) is 19.3. The van der Waals surface area contributed by atoms with Gasteiger partial charge in [0, 0.05) is 64.9 Å². The number of nitrogens with zero attached hydrogens (tertiary/aromatic N) is 8. The van der Waals surface area contributed by atoms with Gasteiger partial charge in [-0.2, -0.15) is 9.59 Å². The Morgan fingerprint density at radius 3 is 0.901 bits per heavy atom. The number of aryl methyl sites for hydroxylation is 13. The van der Waals surface area contributed by atoms with Crippen molar-refractivity contribution in [2.45, 2.75) is 276 Å². The Kier molecular flexibility index (Phi) is 36.1. The van der Waals surface area contributed by atoms with Crippen molar-refractivity contribution in [1.29, 1.82) is 0 Å². The molecule has 704 valence electrons. The van der Waals surface area contributed by atoms with Crippen LogP contribution in [0.5, 0.6) is 5.06 Å². The van der Waals surface area contributed by atoms with E-state index in [-0.39, 0.29) is 29.6 Å². The number of esters is 4. The van der Waals surface area contributed by atoms with Crippen LogP contribution in [0.3, 0.4) is 0 Å². The van der Waals surface area contributed by atoms with E-state index in [9.17, 15) is 62.3 Å². The van der Waals surface area contributed by atoms with Gasteiger partial charge in [0.15, 0.2) is 5.06 Å². The summed E-state index contributed by atoms with van der Waals surface area (Å²) in [7, 11) is 0. The van der Waals surface area contributed by atoms with Gasteiger partial charge < -0.3 is 23.7 Å². The van der Waals surface area contributed by atoms with Gasteiger partial charge in [0.2, 0.25) is 0 Å². The predicted molar refractivity (Wildman–Crippen MR) is 528 cm³/mol. The Bertz CT molecular complexity index is 6730. The summed E-state index contributed by atoms with van der Waals surface area (Å²) in [5.74, 6) is -2.54. The minimum Gasteiger partial charge on any atom is -0.458 e. The molecule has 0 fully saturated rings. The van der Waals surface area contributed by atoms with E-state index < -0.39 is 113 Å². The lowest BCUT2D eigenvalue weighted by atomic mass is 10.0. The van der Waals surface area contributed by atoms with Crippen molar-refractivity contribution in [1.82, 2.24) is 36.5 Å².